The molecule has 4 N–H and O–H groups in total. The van der Waals surface area contributed by atoms with Gasteiger partial charge in [0.25, 0.3) is 5.91 Å². The molecule has 28 heavy (non-hydrogen) atoms. The molecular weight excluding hydrogens is 358 g/mol. The molecule has 0 bridgehead atoms. The molecule has 2 saturated heterocycles. The first kappa shape index (κ1) is 18.4. The summed E-state index contributed by atoms with van der Waals surface area (Å²) in [6.45, 7) is 1.15. The van der Waals surface area contributed by atoms with Crippen LogP contribution in [0.1, 0.15) is 29.6 Å². The van der Waals surface area contributed by atoms with Crippen LogP contribution in [0.25, 0.3) is 11.3 Å². The molecule has 3 heterocycles. The Hall–Kier alpha value is -3.00. The fourth-order valence-corrected chi connectivity index (χ4v) is 4.16. The minimum absolute atomic E-state index is 0.0904. The molecule has 1 aromatic heterocycles. The number of amides is 2. The van der Waals surface area contributed by atoms with Crippen molar-refractivity contribution in [3.8, 4) is 11.3 Å². The molecule has 2 fully saturated rings. The van der Waals surface area contributed by atoms with E-state index < -0.39 is 11.5 Å². The van der Waals surface area contributed by atoms with Crippen LogP contribution in [0, 0.1) is 5.41 Å². The summed E-state index contributed by atoms with van der Waals surface area (Å²) < 4.78 is 0. The van der Waals surface area contributed by atoms with E-state index in [0.717, 1.165) is 12.0 Å². The molecule has 2 atom stereocenters. The van der Waals surface area contributed by atoms with Crippen molar-refractivity contribution < 1.29 is 14.7 Å². The van der Waals surface area contributed by atoms with Gasteiger partial charge in [-0.2, -0.15) is 0 Å². The van der Waals surface area contributed by atoms with E-state index in [1.54, 1.807) is 4.90 Å². The van der Waals surface area contributed by atoms with Crippen molar-refractivity contribution in [2.45, 2.75) is 25.4 Å². The second kappa shape index (κ2) is 7.20. The van der Waals surface area contributed by atoms with Crippen LogP contribution in [-0.2, 0) is 4.79 Å². The summed E-state index contributed by atoms with van der Waals surface area (Å²) in [6, 6.07) is 9.32. The summed E-state index contributed by atoms with van der Waals surface area (Å²) in [5.41, 5.74) is 6.37. The summed E-state index contributed by atoms with van der Waals surface area (Å²) in [7, 11) is 0. The molecule has 0 unspecified atom stereocenters. The van der Waals surface area contributed by atoms with E-state index in [-0.39, 0.29) is 24.3 Å². The fraction of sp³-hybridized carbons (Fsp3) is 0.400. The number of nitrogens with two attached hydrogens (primary N) is 1. The van der Waals surface area contributed by atoms with Gasteiger partial charge in [0.05, 0.1) is 22.8 Å². The quantitative estimate of drug-likeness (QED) is 0.708. The first-order valence-corrected chi connectivity index (χ1v) is 9.45. The minimum atomic E-state index is -0.951. The lowest BCUT2D eigenvalue weighted by molar-refractivity contribution is -0.147. The Kier molecular flexibility index (Phi) is 4.72. The summed E-state index contributed by atoms with van der Waals surface area (Å²) in [6.07, 6.45) is 2.38. The number of nitrogens with one attached hydrogen (secondary N) is 1. The first-order chi connectivity index (χ1) is 13.5. The normalized spacial score (nSPS) is 24.8. The Morgan fingerprint density at radius 1 is 1.32 bits per heavy atom. The molecule has 0 aliphatic carbocycles. The van der Waals surface area contributed by atoms with Gasteiger partial charge in [-0.25, -0.2) is 9.97 Å². The van der Waals surface area contributed by atoms with Crippen LogP contribution in [-0.4, -0.2) is 57.5 Å². The number of aliphatic hydroxyl groups excluding tert-OH is 1. The van der Waals surface area contributed by atoms with Gasteiger partial charge in [0.15, 0.2) is 0 Å². The number of anilines is 1. The van der Waals surface area contributed by atoms with Crippen molar-refractivity contribution in [3.05, 3.63) is 42.1 Å². The van der Waals surface area contributed by atoms with Gasteiger partial charge in [0.1, 0.15) is 0 Å². The van der Waals surface area contributed by atoms with E-state index in [4.69, 9.17) is 5.73 Å². The second-order valence-corrected chi connectivity index (χ2v) is 7.40. The molecule has 0 saturated carbocycles. The maximum atomic E-state index is 13.3. The number of likely N-dealkylation sites (tertiary alicyclic amines) is 1. The van der Waals surface area contributed by atoms with E-state index >= 15 is 0 Å². The zero-order valence-corrected chi connectivity index (χ0v) is 15.5. The van der Waals surface area contributed by atoms with Crippen molar-refractivity contribution in [1.29, 1.82) is 0 Å². The van der Waals surface area contributed by atoms with Gasteiger partial charge in [-0.3, -0.25) is 9.59 Å². The molecule has 146 valence electrons. The highest BCUT2D eigenvalue weighted by molar-refractivity contribution is 6.00. The number of rotatable bonds is 2. The van der Waals surface area contributed by atoms with E-state index in [2.05, 4.69) is 15.3 Å². The summed E-state index contributed by atoms with van der Waals surface area (Å²) >= 11 is 0. The van der Waals surface area contributed by atoms with E-state index in [1.165, 1.54) is 6.20 Å². The average molecular weight is 381 g/mol. The van der Waals surface area contributed by atoms with Crippen molar-refractivity contribution in [3.63, 3.8) is 0 Å². The molecule has 2 aliphatic heterocycles. The summed E-state index contributed by atoms with van der Waals surface area (Å²) in [4.78, 5) is 35.8. The van der Waals surface area contributed by atoms with Crippen LogP contribution in [0.4, 0.5) is 5.95 Å². The number of aromatic nitrogens is 2. The number of nitrogen functional groups attached to an aromatic ring is 1. The van der Waals surface area contributed by atoms with Crippen LogP contribution < -0.4 is 11.1 Å². The molecular formula is C20H23N5O3. The highest BCUT2D eigenvalue weighted by Crippen LogP contribution is 2.38. The van der Waals surface area contributed by atoms with Gasteiger partial charge < -0.3 is 21.1 Å². The fourth-order valence-electron chi connectivity index (χ4n) is 4.16. The number of benzene rings is 1. The number of aliphatic hydroxyl groups is 1. The minimum Gasteiger partial charge on any atom is -0.392 e. The highest BCUT2D eigenvalue weighted by Gasteiger charge is 2.50. The van der Waals surface area contributed by atoms with Crippen LogP contribution >= 0.6 is 0 Å². The number of nitrogens with zero attached hydrogens (tertiary/aromatic N) is 3. The first-order valence-electron chi connectivity index (χ1n) is 9.45. The maximum Gasteiger partial charge on any atom is 0.257 e. The lowest BCUT2D eigenvalue weighted by atomic mass is 9.71. The third-order valence-electron chi connectivity index (χ3n) is 5.69. The molecule has 1 aromatic carbocycles. The number of piperidine rings is 2. The average Bonchev–Trinajstić information content (AvgIpc) is 2.72. The number of hydrogen-bond donors (Lipinski definition) is 3. The van der Waals surface area contributed by atoms with Gasteiger partial charge in [0.2, 0.25) is 11.9 Å². The van der Waals surface area contributed by atoms with Crippen molar-refractivity contribution in [2.24, 2.45) is 5.41 Å². The van der Waals surface area contributed by atoms with E-state index in [0.29, 0.717) is 37.2 Å². The Morgan fingerprint density at radius 2 is 2.11 bits per heavy atom. The third-order valence-corrected chi connectivity index (χ3v) is 5.69. The maximum absolute atomic E-state index is 13.3. The lowest BCUT2D eigenvalue weighted by Crippen LogP contribution is -2.62. The molecule has 1 spiro atoms. The van der Waals surface area contributed by atoms with Gasteiger partial charge in [0, 0.05) is 31.4 Å². The molecule has 2 aromatic rings. The predicted octanol–water partition coefficient (Wildman–Crippen LogP) is 0.829. The summed E-state index contributed by atoms with van der Waals surface area (Å²) in [5, 5.41) is 13.4. The summed E-state index contributed by atoms with van der Waals surface area (Å²) in [5.74, 6) is -0.350. The van der Waals surface area contributed by atoms with Crippen LogP contribution in [0.2, 0.25) is 0 Å². The standard InChI is InChI=1S/C20H23N5O3/c21-19-23-11-14(16(24-19)13-5-2-1-3-6-13)17(27)25-10-7-15(26)20(12-25)8-4-9-22-18(20)28/h1-3,5-6,11,15,26H,4,7-10,12H2,(H,22,28)(H2,21,23,24)/t15-,20-/m1/s1. The van der Waals surface area contributed by atoms with Gasteiger partial charge in [-0.15, -0.1) is 0 Å². The zero-order chi connectivity index (χ0) is 19.7. The topological polar surface area (TPSA) is 121 Å². The van der Waals surface area contributed by atoms with Gasteiger partial charge in [-0.1, -0.05) is 30.3 Å². The Morgan fingerprint density at radius 3 is 2.86 bits per heavy atom. The predicted molar refractivity (Wildman–Crippen MR) is 103 cm³/mol. The lowest BCUT2D eigenvalue weighted by Gasteiger charge is -2.46. The molecule has 8 heteroatoms. The van der Waals surface area contributed by atoms with Crippen LogP contribution in [0.5, 0.6) is 0 Å². The van der Waals surface area contributed by atoms with Crippen molar-refractivity contribution in [2.75, 3.05) is 25.4 Å². The van der Waals surface area contributed by atoms with Crippen molar-refractivity contribution >= 4 is 17.8 Å². The monoisotopic (exact) mass is 381 g/mol. The zero-order valence-electron chi connectivity index (χ0n) is 15.5. The van der Waals surface area contributed by atoms with Crippen LogP contribution in [0.3, 0.4) is 0 Å². The Balaban J connectivity index is 1.68. The molecule has 2 amide bonds. The smallest absolute Gasteiger partial charge is 0.257 e. The molecule has 8 nitrogen and oxygen atoms in total. The number of carbonyl (C=O) groups excluding carboxylic acids is 2. The van der Waals surface area contributed by atoms with E-state index in [1.807, 2.05) is 30.3 Å². The largest absolute Gasteiger partial charge is 0.392 e. The molecule has 2 aliphatic rings. The Bertz CT molecular complexity index is 904. The molecule has 0 radical (unpaired) electrons. The van der Waals surface area contributed by atoms with Gasteiger partial charge in [-0.05, 0) is 19.3 Å². The Labute approximate surface area is 162 Å². The molecule has 4 rings (SSSR count). The van der Waals surface area contributed by atoms with Crippen LogP contribution in [0.15, 0.2) is 36.5 Å². The van der Waals surface area contributed by atoms with E-state index in [9.17, 15) is 14.7 Å². The highest BCUT2D eigenvalue weighted by atomic mass is 16.3. The second-order valence-electron chi connectivity index (χ2n) is 7.40. The number of hydrogen-bond acceptors (Lipinski definition) is 6. The third kappa shape index (κ3) is 3.09. The number of carbonyl (C=O) groups is 2. The van der Waals surface area contributed by atoms with Gasteiger partial charge >= 0.3 is 0 Å². The SMILES string of the molecule is Nc1ncc(C(=O)N2CC[C@@H](O)[C@@]3(CCCNC3=O)C2)c(-c2ccccc2)n1. The van der Waals surface area contributed by atoms with Crippen molar-refractivity contribution in [1.82, 2.24) is 20.2 Å².